The summed E-state index contributed by atoms with van der Waals surface area (Å²) in [6.07, 6.45) is 0. The van der Waals surface area contributed by atoms with Gasteiger partial charge in [0.05, 0.1) is 0 Å². The molecule has 0 aromatic heterocycles. The third-order valence-electron chi connectivity index (χ3n) is 1.34. The molecule has 4 heteroatoms. The maximum atomic E-state index is 10.4. The summed E-state index contributed by atoms with van der Waals surface area (Å²) < 4.78 is 0. The van der Waals surface area contributed by atoms with Crippen molar-refractivity contribution in [1.82, 2.24) is 0 Å². The third-order valence-corrected chi connectivity index (χ3v) is 1.34. The Kier molecular flexibility index (Phi) is 4.42. The fourth-order valence-electron chi connectivity index (χ4n) is 0.720. The van der Waals surface area contributed by atoms with E-state index in [-0.39, 0.29) is 44.0 Å². The minimum atomic E-state index is -1.03. The van der Waals surface area contributed by atoms with E-state index >= 15 is 0 Å². The normalized spacial score (nSPS) is 8.75. The first-order valence-corrected chi connectivity index (χ1v) is 3.06. The van der Waals surface area contributed by atoms with Crippen molar-refractivity contribution >= 4 is 5.97 Å². The molecule has 0 atom stereocenters. The van der Waals surface area contributed by atoms with Gasteiger partial charge in [0.25, 0.3) is 0 Å². The summed E-state index contributed by atoms with van der Waals surface area (Å²) >= 11 is 0. The molecule has 0 spiro atoms. The number of phenolic OH excluding ortho intramolecular Hbond substituents is 1. The zero-order valence-electron chi connectivity index (χ0n) is 6.53. The van der Waals surface area contributed by atoms with Crippen molar-refractivity contribution in [3.05, 3.63) is 29.3 Å². The van der Waals surface area contributed by atoms with Gasteiger partial charge in [-0.15, -0.1) is 18.2 Å². The van der Waals surface area contributed by atoms with E-state index in [4.69, 9.17) is 10.2 Å². The van der Waals surface area contributed by atoms with Crippen LogP contribution in [0.4, 0.5) is 0 Å². The maximum absolute atomic E-state index is 10.4. The van der Waals surface area contributed by atoms with Crippen LogP contribution in [0.15, 0.2) is 12.1 Å². The second-order valence-electron chi connectivity index (χ2n) is 2.19. The number of carbonyl (C=O) groups is 1. The van der Waals surface area contributed by atoms with E-state index in [2.05, 4.69) is 6.07 Å². The molecule has 1 rings (SSSR count). The Hall–Kier alpha value is -0.406. The predicted molar refractivity (Wildman–Crippen MR) is 38.6 cm³/mol. The van der Waals surface area contributed by atoms with E-state index in [9.17, 15) is 4.79 Å². The summed E-state index contributed by atoms with van der Waals surface area (Å²) in [5.41, 5.74) is 0.519. The molecular weight excluding hydrogens is 233 g/mol. The molecule has 1 aromatic carbocycles. The second kappa shape index (κ2) is 4.58. The molecule has 2 N–H and O–H groups in total. The summed E-state index contributed by atoms with van der Waals surface area (Å²) in [6.45, 7) is 1.60. The molecule has 3 nitrogen and oxygen atoms in total. The molecule has 0 bridgehead atoms. The van der Waals surface area contributed by atoms with Crippen LogP contribution in [0.3, 0.4) is 0 Å². The van der Waals surface area contributed by atoms with Crippen LogP contribution in [-0.4, -0.2) is 16.2 Å². The molecule has 58 valence electrons. The van der Waals surface area contributed by atoms with Crippen molar-refractivity contribution in [3.63, 3.8) is 0 Å². The Balaban J connectivity index is 0.00000121. The number of rotatable bonds is 1. The average molecular weight is 240 g/mol. The number of hydrogen-bond donors (Lipinski definition) is 2. The molecule has 0 saturated heterocycles. The first kappa shape index (κ1) is 11.6. The number of aromatic hydroxyl groups is 1. The van der Waals surface area contributed by atoms with Gasteiger partial charge in [-0.1, -0.05) is 18.1 Å². The van der Waals surface area contributed by atoms with Gasteiger partial charge in [0, 0.05) is 5.75 Å². The van der Waals surface area contributed by atoms with Gasteiger partial charge < -0.3 is 15.0 Å². The minimum absolute atomic E-state index is 0. The number of benzene rings is 1. The molecule has 0 aliphatic rings. The first-order valence-electron chi connectivity index (χ1n) is 3.06. The van der Waals surface area contributed by atoms with E-state index in [0.29, 0.717) is 5.56 Å². The first-order chi connectivity index (χ1) is 5.11. The zero-order valence-corrected chi connectivity index (χ0v) is 9.37. The number of hydrogen-bond acceptors (Lipinski definition) is 2. The molecule has 0 unspecified atom stereocenters. The Bertz CT molecular complexity index is 296. The van der Waals surface area contributed by atoms with Gasteiger partial charge in [-0.25, -0.2) is 0 Å². The van der Waals surface area contributed by atoms with Crippen LogP contribution in [0.2, 0.25) is 0 Å². The Labute approximate surface area is 95.3 Å². The van der Waals surface area contributed by atoms with Gasteiger partial charge in [0.2, 0.25) is 5.97 Å². The SMILES string of the molecule is Cc1[c-]c(C(=O)O)ccc1O.[Y+3]. The number of carboxylic acids is 1. The zero-order chi connectivity index (χ0) is 8.43. The molecule has 1 aromatic rings. The maximum Gasteiger partial charge on any atom is 3.00 e. The Morgan fingerprint density at radius 1 is 1.50 bits per heavy atom. The van der Waals surface area contributed by atoms with Crippen molar-refractivity contribution < 1.29 is 47.7 Å². The van der Waals surface area contributed by atoms with Crippen molar-refractivity contribution in [2.45, 2.75) is 6.92 Å². The van der Waals surface area contributed by atoms with E-state index in [1.165, 1.54) is 12.1 Å². The second-order valence-corrected chi connectivity index (χ2v) is 2.19. The summed E-state index contributed by atoms with van der Waals surface area (Å²) in [4.78, 5) is 10.4. The summed E-state index contributed by atoms with van der Waals surface area (Å²) in [5.74, 6) is -0.969. The van der Waals surface area contributed by atoms with Crippen LogP contribution in [0.25, 0.3) is 0 Å². The monoisotopic (exact) mass is 240 g/mol. The van der Waals surface area contributed by atoms with Crippen LogP contribution in [0.1, 0.15) is 15.9 Å². The molecule has 12 heavy (non-hydrogen) atoms. The van der Waals surface area contributed by atoms with E-state index in [0.717, 1.165) is 0 Å². The van der Waals surface area contributed by atoms with Gasteiger partial charge in [-0.2, -0.15) is 0 Å². The summed E-state index contributed by atoms with van der Waals surface area (Å²) in [6, 6.07) is 5.18. The van der Waals surface area contributed by atoms with Crippen molar-refractivity contribution in [3.8, 4) is 5.75 Å². The molecular formula is C8H7O3Y+2. The van der Waals surface area contributed by atoms with E-state index in [1.54, 1.807) is 6.92 Å². The van der Waals surface area contributed by atoms with Crippen LogP contribution in [0, 0.1) is 13.0 Å². The largest absolute Gasteiger partial charge is 3.00 e. The smallest absolute Gasteiger partial charge is 0.551 e. The fraction of sp³-hybridized carbons (Fsp3) is 0.125. The molecule has 0 heterocycles. The molecule has 0 amide bonds. The van der Waals surface area contributed by atoms with Gasteiger partial charge in [0.1, 0.15) is 0 Å². The average Bonchev–Trinajstić information content (AvgIpc) is 1.94. The molecule has 0 fully saturated rings. The van der Waals surface area contributed by atoms with Crippen LogP contribution < -0.4 is 0 Å². The van der Waals surface area contributed by atoms with Crippen LogP contribution in [0.5, 0.6) is 5.75 Å². The molecule has 0 aliphatic heterocycles. The molecule has 0 saturated carbocycles. The number of phenols is 1. The standard InChI is InChI=1S/C8H7O3.Y/c1-5-4-6(8(10)11)2-3-7(5)9;/h2-3,9H,1H3,(H,10,11);/q-1;+3. The summed E-state index contributed by atoms with van der Waals surface area (Å²) in [7, 11) is 0. The summed E-state index contributed by atoms with van der Waals surface area (Å²) in [5, 5.41) is 17.5. The minimum Gasteiger partial charge on any atom is -0.551 e. The van der Waals surface area contributed by atoms with Crippen LogP contribution >= 0.6 is 0 Å². The Morgan fingerprint density at radius 2 is 2.08 bits per heavy atom. The number of aromatic carboxylic acids is 1. The van der Waals surface area contributed by atoms with Gasteiger partial charge in [0.15, 0.2) is 0 Å². The van der Waals surface area contributed by atoms with Crippen molar-refractivity contribution in [2.75, 3.05) is 0 Å². The quantitative estimate of drug-likeness (QED) is 0.725. The van der Waals surface area contributed by atoms with Gasteiger partial charge in [-0.3, -0.25) is 0 Å². The fourth-order valence-corrected chi connectivity index (χ4v) is 0.720. The third kappa shape index (κ3) is 2.57. The van der Waals surface area contributed by atoms with Gasteiger partial charge >= 0.3 is 32.7 Å². The molecule has 0 aliphatic carbocycles. The van der Waals surface area contributed by atoms with E-state index < -0.39 is 5.97 Å². The van der Waals surface area contributed by atoms with Crippen LogP contribution in [-0.2, 0) is 32.7 Å². The van der Waals surface area contributed by atoms with Crippen molar-refractivity contribution in [2.24, 2.45) is 0 Å². The molecule has 0 radical (unpaired) electrons. The number of carboxylic acid groups (broad SMARTS) is 1. The van der Waals surface area contributed by atoms with Crippen molar-refractivity contribution in [1.29, 1.82) is 0 Å². The van der Waals surface area contributed by atoms with E-state index in [1.807, 2.05) is 0 Å². The Morgan fingerprint density at radius 3 is 2.50 bits per heavy atom. The topological polar surface area (TPSA) is 57.5 Å². The van der Waals surface area contributed by atoms with Gasteiger partial charge in [-0.05, 0) is 0 Å². The predicted octanol–water partition coefficient (Wildman–Crippen LogP) is 1.20. The number of aryl methyl sites for hydroxylation is 1.